The summed E-state index contributed by atoms with van der Waals surface area (Å²) in [4.78, 5) is 11.5. The topological polar surface area (TPSA) is 20.3 Å². The molecule has 2 nitrogen and oxygen atoms in total. The fourth-order valence-electron chi connectivity index (χ4n) is 1.12. The predicted molar refractivity (Wildman–Crippen MR) is 61.0 cm³/mol. The summed E-state index contributed by atoms with van der Waals surface area (Å²) in [6.45, 7) is 9.05. The Hall–Kier alpha value is -1.02. The van der Waals surface area contributed by atoms with Crippen LogP contribution in [0.5, 0.6) is 0 Å². The monoisotopic (exact) mass is 213 g/mol. The van der Waals surface area contributed by atoms with Gasteiger partial charge >= 0.3 is 0 Å². The summed E-state index contributed by atoms with van der Waals surface area (Å²) < 4.78 is 1.06. The molecule has 14 heavy (non-hydrogen) atoms. The minimum absolute atomic E-state index is 0.176. The van der Waals surface area contributed by atoms with E-state index < -0.39 is 0 Å². The number of likely N-dealkylation sites (N-methyl/N-ethyl adjacent to an activating group) is 1. The number of rotatable bonds is 5. The molecule has 0 aromatic heterocycles. The maximum Gasteiger partial charge on any atom is 0.263 e. The standard InChI is InChI=1S/C11H16ClNO/c1-5-7-10(8-6-2)9(3)11(14)13(4)12/h5-6H,1-2,7-8H2,3-4H3. The lowest BCUT2D eigenvalue weighted by Gasteiger charge is -2.11. The van der Waals surface area contributed by atoms with Crippen LogP contribution in [0.4, 0.5) is 0 Å². The highest BCUT2D eigenvalue weighted by Crippen LogP contribution is 2.16. The zero-order valence-corrected chi connectivity index (χ0v) is 9.47. The van der Waals surface area contributed by atoms with Gasteiger partial charge in [-0.1, -0.05) is 17.7 Å². The third kappa shape index (κ3) is 3.79. The third-order valence-corrected chi connectivity index (χ3v) is 2.07. The Morgan fingerprint density at radius 3 is 2.07 bits per heavy atom. The Morgan fingerprint density at radius 1 is 1.36 bits per heavy atom. The van der Waals surface area contributed by atoms with Gasteiger partial charge in [0.1, 0.15) is 0 Å². The lowest BCUT2D eigenvalue weighted by atomic mass is 10.0. The second-order valence-electron chi connectivity index (χ2n) is 3.00. The van der Waals surface area contributed by atoms with Crippen LogP contribution in [0.1, 0.15) is 19.8 Å². The summed E-state index contributed by atoms with van der Waals surface area (Å²) in [5.74, 6) is -0.176. The van der Waals surface area contributed by atoms with Crippen molar-refractivity contribution in [1.82, 2.24) is 4.42 Å². The third-order valence-electron chi connectivity index (χ3n) is 1.91. The zero-order valence-electron chi connectivity index (χ0n) is 8.72. The van der Waals surface area contributed by atoms with Gasteiger partial charge in [-0.05, 0) is 19.8 Å². The van der Waals surface area contributed by atoms with Gasteiger partial charge in [-0.15, -0.1) is 13.2 Å². The van der Waals surface area contributed by atoms with Crippen molar-refractivity contribution in [2.24, 2.45) is 0 Å². The Labute approximate surface area is 90.7 Å². The number of allylic oxidation sites excluding steroid dienone is 3. The Morgan fingerprint density at radius 2 is 1.79 bits per heavy atom. The molecule has 0 aliphatic heterocycles. The van der Waals surface area contributed by atoms with Gasteiger partial charge in [-0.3, -0.25) is 9.21 Å². The molecule has 78 valence electrons. The van der Waals surface area contributed by atoms with Gasteiger partial charge < -0.3 is 0 Å². The summed E-state index contributed by atoms with van der Waals surface area (Å²) in [5, 5.41) is 0. The van der Waals surface area contributed by atoms with Crippen LogP contribution in [0.2, 0.25) is 0 Å². The molecule has 1 amide bonds. The van der Waals surface area contributed by atoms with Crippen LogP contribution in [-0.4, -0.2) is 17.4 Å². The number of carbonyl (C=O) groups excluding carboxylic acids is 1. The quantitative estimate of drug-likeness (QED) is 0.391. The minimum Gasteiger partial charge on any atom is -0.268 e. The molecule has 0 saturated carbocycles. The molecule has 0 aromatic rings. The van der Waals surface area contributed by atoms with E-state index in [1.165, 1.54) is 7.05 Å². The Bertz CT molecular complexity index is 254. The molecular formula is C11H16ClNO. The summed E-state index contributed by atoms with van der Waals surface area (Å²) in [5.41, 5.74) is 1.68. The Kier molecular flexibility index (Phi) is 5.97. The lowest BCUT2D eigenvalue weighted by molar-refractivity contribution is -0.121. The van der Waals surface area contributed by atoms with E-state index in [2.05, 4.69) is 13.2 Å². The molecule has 3 heteroatoms. The van der Waals surface area contributed by atoms with Gasteiger partial charge in [-0.25, -0.2) is 0 Å². The molecule has 0 saturated heterocycles. The van der Waals surface area contributed by atoms with Crippen LogP contribution in [0.15, 0.2) is 36.5 Å². The average Bonchev–Trinajstić information content (AvgIpc) is 2.15. The molecule has 0 aliphatic carbocycles. The van der Waals surface area contributed by atoms with Gasteiger partial charge in [0.25, 0.3) is 5.91 Å². The zero-order chi connectivity index (χ0) is 11.1. The summed E-state index contributed by atoms with van der Waals surface area (Å²) in [7, 11) is 1.52. The number of hydrogen-bond donors (Lipinski definition) is 0. The second kappa shape index (κ2) is 6.44. The fraction of sp³-hybridized carbons (Fsp3) is 0.364. The van der Waals surface area contributed by atoms with Crippen molar-refractivity contribution in [3.8, 4) is 0 Å². The van der Waals surface area contributed by atoms with Crippen molar-refractivity contribution in [2.75, 3.05) is 7.05 Å². The maximum atomic E-state index is 11.5. The lowest BCUT2D eigenvalue weighted by Crippen LogP contribution is -2.18. The first-order valence-corrected chi connectivity index (χ1v) is 4.72. The first-order valence-electron chi connectivity index (χ1n) is 4.38. The predicted octanol–water partition coefficient (Wildman–Crippen LogP) is 3.07. The van der Waals surface area contributed by atoms with Crippen molar-refractivity contribution >= 4 is 17.7 Å². The van der Waals surface area contributed by atoms with Crippen LogP contribution >= 0.6 is 11.8 Å². The van der Waals surface area contributed by atoms with Crippen LogP contribution in [0.3, 0.4) is 0 Å². The molecule has 0 bridgehead atoms. The molecule has 0 unspecified atom stereocenters. The van der Waals surface area contributed by atoms with Crippen LogP contribution < -0.4 is 0 Å². The fourth-order valence-corrected chi connectivity index (χ4v) is 1.25. The van der Waals surface area contributed by atoms with E-state index in [1.807, 2.05) is 0 Å². The van der Waals surface area contributed by atoms with Crippen LogP contribution in [0, 0.1) is 0 Å². The first kappa shape index (κ1) is 13.0. The van der Waals surface area contributed by atoms with E-state index >= 15 is 0 Å². The van der Waals surface area contributed by atoms with E-state index in [9.17, 15) is 4.79 Å². The molecule has 0 rings (SSSR count). The minimum atomic E-state index is -0.176. The highest BCUT2D eigenvalue weighted by Gasteiger charge is 2.11. The molecule has 0 heterocycles. The number of halogens is 1. The summed E-state index contributed by atoms with van der Waals surface area (Å²) >= 11 is 5.57. The van der Waals surface area contributed by atoms with E-state index in [4.69, 9.17) is 11.8 Å². The molecular weight excluding hydrogens is 198 g/mol. The average molecular weight is 214 g/mol. The molecule has 0 aliphatic rings. The molecule has 0 spiro atoms. The molecule has 0 radical (unpaired) electrons. The van der Waals surface area contributed by atoms with Gasteiger partial charge in [0, 0.05) is 24.4 Å². The van der Waals surface area contributed by atoms with Gasteiger partial charge in [-0.2, -0.15) is 0 Å². The van der Waals surface area contributed by atoms with Crippen molar-refractivity contribution in [3.63, 3.8) is 0 Å². The number of nitrogens with zero attached hydrogens (tertiary/aromatic N) is 1. The van der Waals surface area contributed by atoms with Gasteiger partial charge in [0.15, 0.2) is 0 Å². The molecule has 0 fully saturated rings. The molecule has 0 N–H and O–H groups in total. The van der Waals surface area contributed by atoms with Crippen molar-refractivity contribution in [1.29, 1.82) is 0 Å². The van der Waals surface area contributed by atoms with Gasteiger partial charge in [0.05, 0.1) is 0 Å². The van der Waals surface area contributed by atoms with Gasteiger partial charge in [0.2, 0.25) is 0 Å². The second-order valence-corrected chi connectivity index (χ2v) is 3.50. The van der Waals surface area contributed by atoms with E-state index in [0.717, 1.165) is 9.99 Å². The number of amides is 1. The van der Waals surface area contributed by atoms with Crippen molar-refractivity contribution in [2.45, 2.75) is 19.8 Å². The first-order chi connectivity index (χ1) is 6.54. The summed E-state index contributed by atoms with van der Waals surface area (Å²) in [6, 6.07) is 0. The van der Waals surface area contributed by atoms with Crippen molar-refractivity contribution < 1.29 is 4.79 Å². The normalized spacial score (nSPS) is 9.07. The highest BCUT2D eigenvalue weighted by atomic mass is 35.5. The van der Waals surface area contributed by atoms with Crippen molar-refractivity contribution in [3.05, 3.63) is 36.5 Å². The van der Waals surface area contributed by atoms with E-state index in [0.29, 0.717) is 18.4 Å². The maximum absolute atomic E-state index is 11.5. The largest absolute Gasteiger partial charge is 0.268 e. The molecule has 0 atom stereocenters. The number of hydrogen-bond acceptors (Lipinski definition) is 1. The van der Waals surface area contributed by atoms with Crippen LogP contribution in [0.25, 0.3) is 0 Å². The van der Waals surface area contributed by atoms with Crippen LogP contribution in [-0.2, 0) is 4.79 Å². The number of carbonyl (C=O) groups is 1. The SMILES string of the molecule is C=CCC(CC=C)=C(C)C(=O)N(C)Cl. The Balaban J connectivity index is 4.86. The van der Waals surface area contributed by atoms with E-state index in [1.54, 1.807) is 19.1 Å². The van der Waals surface area contributed by atoms with E-state index in [-0.39, 0.29) is 5.91 Å². The molecule has 0 aromatic carbocycles. The highest BCUT2D eigenvalue weighted by molar-refractivity contribution is 6.23. The summed E-state index contributed by atoms with van der Waals surface area (Å²) in [6.07, 6.45) is 4.91. The smallest absolute Gasteiger partial charge is 0.263 e.